The highest BCUT2D eigenvalue weighted by molar-refractivity contribution is 5.95. The van der Waals surface area contributed by atoms with Gasteiger partial charge in [0.15, 0.2) is 0 Å². The Morgan fingerprint density at radius 3 is 2.44 bits per heavy atom. The zero-order valence-electron chi connectivity index (χ0n) is 17.7. The molecule has 2 aliphatic rings. The molecule has 0 bridgehead atoms. The number of rotatable bonds is 3. The van der Waals surface area contributed by atoms with E-state index >= 15 is 0 Å². The molecule has 164 valence electrons. The molecule has 0 aromatic heterocycles. The Morgan fingerprint density at radius 2 is 1.72 bits per heavy atom. The van der Waals surface area contributed by atoms with Gasteiger partial charge in [-0.05, 0) is 65.6 Å². The number of carbonyl (C=O) groups is 1. The van der Waals surface area contributed by atoms with E-state index in [2.05, 4.69) is 4.90 Å². The summed E-state index contributed by atoms with van der Waals surface area (Å²) in [4.78, 5) is 17.2. The van der Waals surface area contributed by atoms with E-state index in [1.165, 1.54) is 30.3 Å². The minimum absolute atomic E-state index is 0.0231. The van der Waals surface area contributed by atoms with Crippen LogP contribution in [-0.4, -0.2) is 42.2 Å². The van der Waals surface area contributed by atoms with Crippen LogP contribution in [0.25, 0.3) is 11.1 Å². The number of fused-ring (bicyclic) bond motifs is 3. The predicted molar refractivity (Wildman–Crippen MR) is 119 cm³/mol. The topological polar surface area (TPSA) is 43.8 Å². The lowest BCUT2D eigenvalue weighted by molar-refractivity contribution is 0.0693. The molecule has 3 aromatic rings. The summed E-state index contributed by atoms with van der Waals surface area (Å²) in [7, 11) is 1.95. The van der Waals surface area contributed by atoms with Crippen LogP contribution in [0.2, 0.25) is 0 Å². The van der Waals surface area contributed by atoms with Gasteiger partial charge in [-0.25, -0.2) is 8.78 Å². The molecular weight excluding hydrogens is 410 g/mol. The molecule has 1 N–H and O–H groups in total. The quantitative estimate of drug-likeness (QED) is 0.653. The van der Waals surface area contributed by atoms with Crippen LogP contribution in [0.5, 0.6) is 0 Å². The molecule has 2 heterocycles. The molecule has 3 aromatic carbocycles. The second-order valence-corrected chi connectivity index (χ2v) is 8.55. The maximum absolute atomic E-state index is 13.8. The number of likely N-dealkylation sites (N-methyl/N-ethyl adjacent to an activating group) is 1. The molecule has 6 heteroatoms. The SMILES string of the molecule is CN1c2ccc(-c3cccc(F)c3)cc2[C@@H]2[C@@H](CCN2C(=O)c2cccc(F)c2)[C@@H]1CO. The van der Waals surface area contributed by atoms with Gasteiger partial charge in [-0.1, -0.05) is 24.3 Å². The summed E-state index contributed by atoms with van der Waals surface area (Å²) in [6.07, 6.45) is 0.741. The highest BCUT2D eigenvalue weighted by atomic mass is 19.1. The van der Waals surface area contributed by atoms with Crippen LogP contribution < -0.4 is 4.90 Å². The van der Waals surface area contributed by atoms with E-state index in [1.807, 2.05) is 31.3 Å². The van der Waals surface area contributed by atoms with E-state index in [0.29, 0.717) is 12.1 Å². The van der Waals surface area contributed by atoms with Crippen LogP contribution in [0, 0.1) is 17.6 Å². The molecule has 0 spiro atoms. The number of anilines is 1. The number of aliphatic hydroxyl groups is 1. The van der Waals surface area contributed by atoms with Crippen molar-refractivity contribution in [1.29, 1.82) is 0 Å². The van der Waals surface area contributed by atoms with E-state index in [0.717, 1.165) is 28.8 Å². The van der Waals surface area contributed by atoms with Gasteiger partial charge in [0.05, 0.1) is 18.7 Å². The fraction of sp³-hybridized carbons (Fsp3) is 0.269. The van der Waals surface area contributed by atoms with Gasteiger partial charge in [0.25, 0.3) is 5.91 Å². The number of amides is 1. The van der Waals surface area contributed by atoms with E-state index in [4.69, 9.17) is 0 Å². The van der Waals surface area contributed by atoms with E-state index in [-0.39, 0.29) is 36.3 Å². The summed E-state index contributed by atoms with van der Waals surface area (Å²) in [5.41, 5.74) is 3.84. The first-order chi connectivity index (χ1) is 15.5. The lowest BCUT2D eigenvalue weighted by atomic mass is 9.81. The van der Waals surface area contributed by atoms with Crippen molar-refractivity contribution in [1.82, 2.24) is 4.90 Å². The fourth-order valence-corrected chi connectivity index (χ4v) is 5.32. The van der Waals surface area contributed by atoms with Gasteiger partial charge in [-0.2, -0.15) is 0 Å². The van der Waals surface area contributed by atoms with Crippen molar-refractivity contribution in [3.63, 3.8) is 0 Å². The summed E-state index contributed by atoms with van der Waals surface area (Å²) in [5.74, 6) is -0.936. The van der Waals surface area contributed by atoms with Crippen molar-refractivity contribution in [2.24, 2.45) is 5.92 Å². The van der Waals surface area contributed by atoms with Crippen LogP contribution in [0.3, 0.4) is 0 Å². The molecule has 32 heavy (non-hydrogen) atoms. The molecule has 1 saturated heterocycles. The second kappa shape index (κ2) is 8.02. The fourth-order valence-electron chi connectivity index (χ4n) is 5.32. The molecule has 0 radical (unpaired) electrons. The minimum atomic E-state index is -0.447. The maximum atomic E-state index is 13.8. The maximum Gasteiger partial charge on any atom is 0.254 e. The van der Waals surface area contributed by atoms with E-state index in [1.54, 1.807) is 17.0 Å². The summed E-state index contributed by atoms with van der Waals surface area (Å²) < 4.78 is 27.6. The Morgan fingerprint density at radius 1 is 1.00 bits per heavy atom. The Bertz CT molecular complexity index is 1180. The third kappa shape index (κ3) is 3.35. The monoisotopic (exact) mass is 434 g/mol. The molecule has 1 amide bonds. The smallest absolute Gasteiger partial charge is 0.254 e. The number of aliphatic hydroxyl groups excluding tert-OH is 1. The first-order valence-corrected chi connectivity index (χ1v) is 10.8. The first kappa shape index (κ1) is 20.6. The van der Waals surface area contributed by atoms with Crippen LogP contribution in [-0.2, 0) is 0 Å². The van der Waals surface area contributed by atoms with Crippen molar-refractivity contribution < 1.29 is 18.7 Å². The standard InChI is InChI=1S/C26H24F2N2O2/c1-29-23-9-8-17(16-4-2-6-19(27)12-16)14-22(23)25-21(24(29)15-31)10-11-30(25)26(32)18-5-3-7-20(28)13-18/h2-9,12-14,21,24-25,31H,10-11,15H2,1H3/t21-,24-,25-/m0/s1. The van der Waals surface area contributed by atoms with Crippen LogP contribution >= 0.6 is 0 Å². The van der Waals surface area contributed by atoms with Crippen molar-refractivity contribution in [2.75, 3.05) is 25.1 Å². The number of carbonyl (C=O) groups excluding carboxylic acids is 1. The summed E-state index contributed by atoms with van der Waals surface area (Å²) in [5, 5.41) is 10.1. The van der Waals surface area contributed by atoms with Crippen molar-refractivity contribution in [3.8, 4) is 11.1 Å². The lowest BCUT2D eigenvalue weighted by Crippen LogP contribution is -2.48. The normalized spacial score (nSPS) is 21.9. The number of hydrogen-bond donors (Lipinski definition) is 1. The molecule has 0 unspecified atom stereocenters. The average molecular weight is 434 g/mol. The van der Waals surface area contributed by atoms with Gasteiger partial charge in [-0.3, -0.25) is 4.79 Å². The van der Waals surface area contributed by atoms with Crippen LogP contribution in [0.4, 0.5) is 14.5 Å². The zero-order valence-corrected chi connectivity index (χ0v) is 17.7. The van der Waals surface area contributed by atoms with Crippen LogP contribution in [0.15, 0.2) is 66.7 Å². The highest BCUT2D eigenvalue weighted by Crippen LogP contribution is 2.49. The third-order valence-electron chi connectivity index (χ3n) is 6.84. The van der Waals surface area contributed by atoms with Gasteiger partial charge >= 0.3 is 0 Å². The van der Waals surface area contributed by atoms with Gasteiger partial charge in [0.1, 0.15) is 11.6 Å². The molecule has 3 atom stereocenters. The molecule has 5 rings (SSSR count). The number of hydrogen-bond acceptors (Lipinski definition) is 3. The largest absolute Gasteiger partial charge is 0.394 e. The number of nitrogens with zero attached hydrogens (tertiary/aromatic N) is 2. The van der Waals surface area contributed by atoms with Gasteiger partial charge in [0, 0.05) is 30.8 Å². The summed E-state index contributed by atoms with van der Waals surface area (Å²) in [6.45, 7) is 0.503. The molecule has 4 nitrogen and oxygen atoms in total. The second-order valence-electron chi connectivity index (χ2n) is 8.55. The zero-order chi connectivity index (χ0) is 22.4. The average Bonchev–Trinajstić information content (AvgIpc) is 3.23. The first-order valence-electron chi connectivity index (χ1n) is 10.8. The van der Waals surface area contributed by atoms with E-state index < -0.39 is 5.82 Å². The predicted octanol–water partition coefficient (Wildman–Crippen LogP) is 4.65. The molecule has 2 aliphatic heterocycles. The van der Waals surface area contributed by atoms with Crippen LogP contribution in [0.1, 0.15) is 28.4 Å². The van der Waals surface area contributed by atoms with Gasteiger partial charge in [-0.15, -0.1) is 0 Å². The van der Waals surface area contributed by atoms with Crippen molar-refractivity contribution in [3.05, 3.63) is 89.5 Å². The molecule has 1 fully saturated rings. The Balaban J connectivity index is 1.61. The van der Waals surface area contributed by atoms with Crippen molar-refractivity contribution >= 4 is 11.6 Å². The Labute approximate surface area is 185 Å². The number of likely N-dealkylation sites (tertiary alicyclic amines) is 1. The van der Waals surface area contributed by atoms with Crippen molar-refractivity contribution in [2.45, 2.75) is 18.5 Å². The highest BCUT2D eigenvalue weighted by Gasteiger charge is 2.47. The summed E-state index contributed by atoms with van der Waals surface area (Å²) >= 11 is 0. The third-order valence-corrected chi connectivity index (χ3v) is 6.84. The Kier molecular flexibility index (Phi) is 5.18. The number of benzene rings is 3. The number of halogens is 2. The molecule has 0 aliphatic carbocycles. The lowest BCUT2D eigenvalue weighted by Gasteiger charge is -2.44. The van der Waals surface area contributed by atoms with E-state index in [9.17, 15) is 18.7 Å². The van der Waals surface area contributed by atoms with Gasteiger partial charge in [0.2, 0.25) is 0 Å². The Hall–Kier alpha value is -3.25. The minimum Gasteiger partial charge on any atom is -0.394 e. The summed E-state index contributed by atoms with van der Waals surface area (Å²) in [6, 6.07) is 17.7. The van der Waals surface area contributed by atoms with Gasteiger partial charge < -0.3 is 14.9 Å². The molecule has 0 saturated carbocycles. The molecular formula is C26H24F2N2O2.